The van der Waals surface area contributed by atoms with Crippen molar-refractivity contribution in [3.05, 3.63) is 59.7 Å². The maximum atomic E-state index is 13.5. The lowest BCUT2D eigenvalue weighted by atomic mass is 9.87. The molecule has 0 saturated carbocycles. The molecule has 0 aromatic heterocycles. The molecular formula is C27H39N3O4S. The largest absolute Gasteiger partial charge is 0.383 e. The predicted octanol–water partition coefficient (Wildman–Crippen LogP) is 3.23. The topological polar surface area (TPSA) is 79.0 Å². The number of benzene rings is 2. The molecule has 1 fully saturated rings. The van der Waals surface area contributed by atoms with Crippen LogP contribution in [0, 0.1) is 0 Å². The van der Waals surface area contributed by atoms with E-state index in [-0.39, 0.29) is 48.0 Å². The first-order chi connectivity index (χ1) is 16.1. The number of nitrogens with zero attached hydrogens (tertiary/aromatic N) is 2. The van der Waals surface area contributed by atoms with E-state index < -0.39 is 9.84 Å². The zero-order valence-electron chi connectivity index (χ0n) is 20.5. The first-order valence-corrected chi connectivity index (χ1v) is 13.4. The Morgan fingerprint density at radius 1 is 1.17 bits per heavy atom. The van der Waals surface area contributed by atoms with Crippen molar-refractivity contribution in [3.8, 4) is 0 Å². The molecule has 2 aliphatic heterocycles. The van der Waals surface area contributed by atoms with Gasteiger partial charge in [-0.05, 0) is 30.2 Å². The second-order valence-corrected chi connectivity index (χ2v) is 12.1. The normalized spacial score (nSPS) is 21.9. The Morgan fingerprint density at radius 2 is 1.89 bits per heavy atom. The quantitative estimate of drug-likeness (QED) is 0.628. The summed E-state index contributed by atoms with van der Waals surface area (Å²) in [6.45, 7) is 9.18. The van der Waals surface area contributed by atoms with Crippen LogP contribution in [0.2, 0.25) is 0 Å². The number of nitrogens with one attached hydrogen (secondary N) is 1. The van der Waals surface area contributed by atoms with Crippen molar-refractivity contribution in [2.45, 2.75) is 56.3 Å². The maximum absolute atomic E-state index is 13.5. The highest BCUT2D eigenvalue weighted by Gasteiger charge is 2.40. The Bertz CT molecular complexity index is 1130. The molecule has 0 spiro atoms. The van der Waals surface area contributed by atoms with Gasteiger partial charge in [-0.2, -0.15) is 0 Å². The molecule has 2 aromatic rings. The van der Waals surface area contributed by atoms with Crippen molar-refractivity contribution in [1.82, 2.24) is 10.2 Å². The Labute approximate surface area is 210 Å². The molecule has 192 valence electrons. The van der Waals surface area contributed by atoms with E-state index in [1.54, 1.807) is 24.1 Å². The number of ether oxygens (including phenoxy) is 1. The number of piperazine rings is 1. The van der Waals surface area contributed by atoms with E-state index in [0.717, 1.165) is 24.2 Å². The first kappa shape index (κ1) is 27.3. The third-order valence-corrected chi connectivity index (χ3v) is 8.51. The minimum Gasteiger partial charge on any atom is -0.383 e. The number of hydrogen-bond donors (Lipinski definition) is 1. The number of amides is 1. The summed E-state index contributed by atoms with van der Waals surface area (Å²) in [7, 11) is -1.87. The summed E-state index contributed by atoms with van der Waals surface area (Å²) in [6.07, 6.45) is 0. The number of hydrogen-bond acceptors (Lipinski definition) is 6. The maximum Gasteiger partial charge on any atom is 0.241 e. The van der Waals surface area contributed by atoms with Gasteiger partial charge in [0.1, 0.15) is 0 Å². The minimum absolute atomic E-state index is 0. The smallest absolute Gasteiger partial charge is 0.241 e. The molecule has 0 radical (unpaired) electrons. The highest BCUT2D eigenvalue weighted by Crippen LogP contribution is 2.42. The predicted molar refractivity (Wildman–Crippen MR) is 141 cm³/mol. The van der Waals surface area contributed by atoms with Gasteiger partial charge in [0.15, 0.2) is 9.84 Å². The standard InChI is InChI=1S/C26H35N3O4S.CH4/c1-19-14-28(21(13-27-19)16-33-4)15-25(30)29-18-26(2,3)23-11-10-22(12-24(23)29)34(31,32)17-20-8-6-5-7-9-20;/h5-12,19,21,27H,13-18H2,1-4H3;1H4/t19-,21-;/m1./s1. The number of fused-ring (bicyclic) bond motifs is 1. The van der Waals surface area contributed by atoms with Crippen LogP contribution in [0.25, 0.3) is 0 Å². The summed E-state index contributed by atoms with van der Waals surface area (Å²) in [5.41, 5.74) is 2.19. The molecule has 2 heterocycles. The summed E-state index contributed by atoms with van der Waals surface area (Å²) in [6, 6.07) is 14.8. The van der Waals surface area contributed by atoms with Gasteiger partial charge in [0, 0.05) is 49.9 Å². The zero-order chi connectivity index (χ0) is 24.5. The summed E-state index contributed by atoms with van der Waals surface area (Å²) < 4.78 is 31.7. The fraction of sp³-hybridized carbons (Fsp3) is 0.519. The number of carbonyl (C=O) groups excluding carboxylic acids is 1. The summed E-state index contributed by atoms with van der Waals surface area (Å²) in [5.74, 6) is -0.0824. The van der Waals surface area contributed by atoms with Crippen LogP contribution >= 0.6 is 0 Å². The molecule has 4 rings (SSSR count). The second-order valence-electron chi connectivity index (χ2n) is 10.1. The van der Waals surface area contributed by atoms with Crippen LogP contribution < -0.4 is 10.2 Å². The SMILES string of the molecule is C.COC[C@H]1CN[C@H](C)CN1CC(=O)N1CC(C)(C)c2ccc(S(=O)(=O)Cc3ccccc3)cc21. The molecule has 1 amide bonds. The number of sulfone groups is 1. The van der Waals surface area contributed by atoms with Crippen molar-refractivity contribution >= 4 is 21.4 Å². The first-order valence-electron chi connectivity index (χ1n) is 11.8. The molecule has 2 aliphatic rings. The molecule has 0 unspecified atom stereocenters. The van der Waals surface area contributed by atoms with E-state index in [0.29, 0.717) is 18.8 Å². The van der Waals surface area contributed by atoms with Gasteiger partial charge in [0.05, 0.1) is 23.8 Å². The van der Waals surface area contributed by atoms with Crippen LogP contribution in [0.3, 0.4) is 0 Å². The summed E-state index contributed by atoms with van der Waals surface area (Å²) >= 11 is 0. The lowest BCUT2D eigenvalue weighted by Crippen LogP contribution is -2.59. The van der Waals surface area contributed by atoms with Gasteiger partial charge in [-0.1, -0.05) is 57.7 Å². The fourth-order valence-corrected chi connectivity index (χ4v) is 6.37. The van der Waals surface area contributed by atoms with E-state index in [1.807, 2.05) is 36.4 Å². The Morgan fingerprint density at radius 3 is 2.57 bits per heavy atom. The van der Waals surface area contributed by atoms with Crippen LogP contribution in [-0.2, 0) is 30.5 Å². The third kappa shape index (κ3) is 5.94. The number of anilines is 1. The van der Waals surface area contributed by atoms with Crippen molar-refractivity contribution < 1.29 is 17.9 Å². The molecule has 2 aromatic carbocycles. The fourth-order valence-electron chi connectivity index (χ4n) is 5.01. The minimum atomic E-state index is -3.55. The van der Waals surface area contributed by atoms with Gasteiger partial charge < -0.3 is 15.0 Å². The van der Waals surface area contributed by atoms with E-state index in [4.69, 9.17) is 4.74 Å². The molecule has 1 N–H and O–H groups in total. The van der Waals surface area contributed by atoms with Crippen molar-refractivity contribution in [2.24, 2.45) is 0 Å². The molecular weight excluding hydrogens is 462 g/mol. The number of methoxy groups -OCH3 is 1. The Balaban J connectivity index is 0.00000342. The Hall–Kier alpha value is -2.26. The molecule has 35 heavy (non-hydrogen) atoms. The van der Waals surface area contributed by atoms with E-state index in [1.165, 1.54) is 0 Å². The zero-order valence-corrected chi connectivity index (χ0v) is 21.3. The lowest BCUT2D eigenvalue weighted by Gasteiger charge is -2.39. The van der Waals surface area contributed by atoms with Gasteiger partial charge in [-0.3, -0.25) is 9.69 Å². The molecule has 0 aliphatic carbocycles. The van der Waals surface area contributed by atoms with Gasteiger partial charge in [0.2, 0.25) is 5.91 Å². The van der Waals surface area contributed by atoms with E-state index >= 15 is 0 Å². The van der Waals surface area contributed by atoms with Crippen LogP contribution in [0.15, 0.2) is 53.4 Å². The second kappa shape index (κ2) is 10.8. The van der Waals surface area contributed by atoms with Crippen molar-refractivity contribution in [2.75, 3.05) is 44.8 Å². The number of carbonyl (C=O) groups is 1. The van der Waals surface area contributed by atoms with Crippen LogP contribution in [0.5, 0.6) is 0 Å². The summed E-state index contributed by atoms with van der Waals surface area (Å²) in [4.78, 5) is 17.7. The van der Waals surface area contributed by atoms with Gasteiger partial charge in [-0.15, -0.1) is 0 Å². The molecule has 0 bridgehead atoms. The van der Waals surface area contributed by atoms with E-state index in [9.17, 15) is 13.2 Å². The monoisotopic (exact) mass is 501 g/mol. The Kier molecular flexibility index (Phi) is 8.42. The average Bonchev–Trinajstić information content (AvgIpc) is 3.06. The van der Waals surface area contributed by atoms with E-state index in [2.05, 4.69) is 31.0 Å². The molecule has 2 atom stereocenters. The van der Waals surface area contributed by atoms with Gasteiger partial charge in [-0.25, -0.2) is 8.42 Å². The average molecular weight is 502 g/mol. The lowest BCUT2D eigenvalue weighted by molar-refractivity contribution is -0.121. The van der Waals surface area contributed by atoms with Crippen LogP contribution in [0.4, 0.5) is 5.69 Å². The molecule has 8 heteroatoms. The van der Waals surface area contributed by atoms with Crippen molar-refractivity contribution in [1.29, 1.82) is 0 Å². The summed E-state index contributed by atoms with van der Waals surface area (Å²) in [5, 5.41) is 3.45. The molecule has 7 nitrogen and oxygen atoms in total. The van der Waals surface area contributed by atoms with Crippen LogP contribution in [-0.4, -0.2) is 71.2 Å². The molecule has 1 saturated heterocycles. The van der Waals surface area contributed by atoms with Crippen LogP contribution in [0.1, 0.15) is 39.3 Å². The highest BCUT2D eigenvalue weighted by atomic mass is 32.2. The van der Waals surface area contributed by atoms with Gasteiger partial charge in [0.25, 0.3) is 0 Å². The van der Waals surface area contributed by atoms with Crippen molar-refractivity contribution in [3.63, 3.8) is 0 Å². The highest BCUT2D eigenvalue weighted by molar-refractivity contribution is 7.90. The number of rotatable bonds is 7. The van der Waals surface area contributed by atoms with Gasteiger partial charge >= 0.3 is 0 Å². The third-order valence-electron chi connectivity index (χ3n) is 6.83.